The van der Waals surface area contributed by atoms with Crippen molar-refractivity contribution in [2.45, 2.75) is 25.4 Å². The molecule has 0 unspecified atom stereocenters. The van der Waals surface area contributed by atoms with Crippen molar-refractivity contribution >= 4 is 23.1 Å². The molecule has 3 N–H and O–H groups in total. The molecule has 1 aromatic carbocycles. The van der Waals surface area contributed by atoms with E-state index in [1.165, 1.54) is 0 Å². The van der Waals surface area contributed by atoms with E-state index in [9.17, 15) is 9.90 Å². The van der Waals surface area contributed by atoms with Gasteiger partial charge in [-0.3, -0.25) is 4.79 Å². The van der Waals surface area contributed by atoms with Crippen molar-refractivity contribution in [3.8, 4) is 5.75 Å². The van der Waals surface area contributed by atoms with E-state index in [1.54, 1.807) is 30.0 Å². The highest BCUT2D eigenvalue weighted by molar-refractivity contribution is 7.80. The Morgan fingerprint density at radius 2 is 2.05 bits per heavy atom. The third-order valence-electron chi connectivity index (χ3n) is 3.70. The number of carbonyl (C=O) groups excluding carboxylic acids is 1. The van der Waals surface area contributed by atoms with Gasteiger partial charge in [-0.1, -0.05) is 24.4 Å². The summed E-state index contributed by atoms with van der Waals surface area (Å²) in [7, 11) is 0. The second kappa shape index (κ2) is 6.41. The molecule has 1 aliphatic heterocycles. The Labute approximate surface area is 129 Å². The highest BCUT2D eigenvalue weighted by Crippen LogP contribution is 2.22. The third-order valence-corrected chi connectivity index (χ3v) is 3.92. The lowest BCUT2D eigenvalue weighted by Crippen LogP contribution is -2.46. The first-order valence-corrected chi connectivity index (χ1v) is 7.32. The Morgan fingerprint density at radius 1 is 1.43 bits per heavy atom. The van der Waals surface area contributed by atoms with Crippen molar-refractivity contribution in [3.05, 3.63) is 29.8 Å². The minimum atomic E-state index is -0.671. The summed E-state index contributed by atoms with van der Waals surface area (Å²) in [6.45, 7) is 2.84. The fourth-order valence-electron chi connectivity index (χ4n) is 2.26. The van der Waals surface area contributed by atoms with E-state index in [0.29, 0.717) is 37.2 Å². The van der Waals surface area contributed by atoms with Crippen LogP contribution in [0.25, 0.3) is 0 Å². The molecule has 0 aromatic heterocycles. The first-order valence-electron chi connectivity index (χ1n) is 6.91. The van der Waals surface area contributed by atoms with E-state index in [1.807, 2.05) is 6.07 Å². The van der Waals surface area contributed by atoms with Crippen LogP contribution in [-0.2, 0) is 4.79 Å². The zero-order valence-corrected chi connectivity index (χ0v) is 12.9. The van der Waals surface area contributed by atoms with Gasteiger partial charge in [0, 0.05) is 13.1 Å². The van der Waals surface area contributed by atoms with Gasteiger partial charge in [0.05, 0.1) is 11.2 Å². The zero-order chi connectivity index (χ0) is 15.5. The number of likely N-dealkylation sites (tertiary alicyclic amines) is 1. The van der Waals surface area contributed by atoms with Gasteiger partial charge in [-0.2, -0.15) is 0 Å². The van der Waals surface area contributed by atoms with Gasteiger partial charge in [0.1, 0.15) is 10.7 Å². The number of carbonyl (C=O) groups is 1. The fourth-order valence-corrected chi connectivity index (χ4v) is 2.43. The lowest BCUT2D eigenvalue weighted by molar-refractivity contribution is -0.137. The minimum absolute atomic E-state index is 0.0538. The van der Waals surface area contributed by atoms with Gasteiger partial charge in [0.2, 0.25) is 0 Å². The summed E-state index contributed by atoms with van der Waals surface area (Å²) in [5, 5.41) is 9.88. The Hall–Kier alpha value is -1.66. The van der Waals surface area contributed by atoms with Gasteiger partial charge in [0.25, 0.3) is 5.91 Å². The van der Waals surface area contributed by atoms with Crippen LogP contribution in [0.2, 0.25) is 0 Å². The molecule has 0 bridgehead atoms. The van der Waals surface area contributed by atoms with Crippen LogP contribution in [0, 0.1) is 0 Å². The average molecular weight is 308 g/mol. The summed E-state index contributed by atoms with van der Waals surface area (Å²) < 4.78 is 5.54. The number of para-hydroxylation sites is 1. The second-order valence-electron chi connectivity index (χ2n) is 5.53. The van der Waals surface area contributed by atoms with Gasteiger partial charge in [-0.25, -0.2) is 0 Å². The lowest BCUT2D eigenvalue weighted by Gasteiger charge is -2.35. The van der Waals surface area contributed by atoms with Crippen molar-refractivity contribution in [2.24, 2.45) is 5.73 Å². The van der Waals surface area contributed by atoms with Crippen LogP contribution in [0.3, 0.4) is 0 Å². The molecule has 1 heterocycles. The molecule has 0 atom stereocenters. The van der Waals surface area contributed by atoms with Crippen molar-refractivity contribution in [2.75, 3.05) is 19.7 Å². The highest BCUT2D eigenvalue weighted by atomic mass is 32.1. The van der Waals surface area contributed by atoms with Gasteiger partial charge >= 0.3 is 0 Å². The molecule has 1 aliphatic rings. The maximum absolute atomic E-state index is 12.1. The number of hydrogen-bond acceptors (Lipinski definition) is 4. The van der Waals surface area contributed by atoms with Gasteiger partial charge in [0.15, 0.2) is 6.61 Å². The molecule has 0 aliphatic carbocycles. The second-order valence-corrected chi connectivity index (χ2v) is 5.97. The summed E-state index contributed by atoms with van der Waals surface area (Å²) in [4.78, 5) is 14.1. The number of nitrogens with two attached hydrogens (primary N) is 1. The molecule has 6 heteroatoms. The maximum atomic E-state index is 12.1. The van der Waals surface area contributed by atoms with Crippen molar-refractivity contribution < 1.29 is 14.6 Å². The van der Waals surface area contributed by atoms with Crippen molar-refractivity contribution in [1.82, 2.24) is 4.90 Å². The number of hydrogen-bond donors (Lipinski definition) is 2. The molecule has 0 radical (unpaired) electrons. The maximum Gasteiger partial charge on any atom is 0.260 e. The Bertz CT molecular complexity index is 535. The van der Waals surface area contributed by atoms with Gasteiger partial charge in [-0.15, -0.1) is 0 Å². The van der Waals surface area contributed by atoms with E-state index >= 15 is 0 Å². The number of nitrogens with zero attached hydrogens (tertiary/aromatic N) is 1. The molecule has 114 valence electrons. The number of ether oxygens (including phenoxy) is 1. The van der Waals surface area contributed by atoms with Crippen LogP contribution in [0.4, 0.5) is 0 Å². The minimum Gasteiger partial charge on any atom is -0.483 e. The molecule has 2 rings (SSSR count). The first-order chi connectivity index (χ1) is 9.89. The Kier molecular flexibility index (Phi) is 4.80. The lowest BCUT2D eigenvalue weighted by atomic mass is 9.94. The number of thiocarbonyl (C=S) groups is 1. The van der Waals surface area contributed by atoms with Crippen LogP contribution < -0.4 is 10.5 Å². The van der Waals surface area contributed by atoms with E-state index in [4.69, 9.17) is 22.7 Å². The molecule has 0 saturated carbocycles. The highest BCUT2D eigenvalue weighted by Gasteiger charge is 2.29. The average Bonchev–Trinajstić information content (AvgIpc) is 2.45. The summed E-state index contributed by atoms with van der Waals surface area (Å²) >= 11 is 4.95. The number of rotatable bonds is 4. The normalized spacial score (nSPS) is 17.3. The SMILES string of the molecule is CC1(O)CCN(C(=O)COc2ccccc2C(N)=S)CC1. The van der Waals surface area contributed by atoms with E-state index in [2.05, 4.69) is 0 Å². The van der Waals surface area contributed by atoms with Crippen LogP contribution in [0.15, 0.2) is 24.3 Å². The summed E-state index contributed by atoms with van der Waals surface area (Å²) in [6, 6.07) is 7.12. The molecular weight excluding hydrogens is 288 g/mol. The largest absolute Gasteiger partial charge is 0.483 e. The fraction of sp³-hybridized carbons (Fsp3) is 0.467. The summed E-state index contributed by atoms with van der Waals surface area (Å²) in [6.07, 6.45) is 1.17. The standard InChI is InChI=1S/C15H20N2O3S/c1-15(19)6-8-17(9-7-15)13(18)10-20-12-5-3-2-4-11(12)14(16)21/h2-5,19H,6-10H2,1H3,(H2,16,21). The zero-order valence-electron chi connectivity index (χ0n) is 12.0. The topological polar surface area (TPSA) is 75.8 Å². The predicted octanol–water partition coefficient (Wildman–Crippen LogP) is 1.07. The molecule has 5 nitrogen and oxygen atoms in total. The number of amides is 1. The van der Waals surface area contributed by atoms with E-state index in [0.717, 1.165) is 0 Å². The number of aliphatic hydroxyl groups is 1. The van der Waals surface area contributed by atoms with E-state index in [-0.39, 0.29) is 17.5 Å². The van der Waals surface area contributed by atoms with E-state index < -0.39 is 5.60 Å². The molecule has 1 amide bonds. The first kappa shape index (κ1) is 15.7. The molecule has 1 saturated heterocycles. The number of benzene rings is 1. The molecule has 1 fully saturated rings. The van der Waals surface area contributed by atoms with Crippen molar-refractivity contribution in [3.63, 3.8) is 0 Å². The monoisotopic (exact) mass is 308 g/mol. The third kappa shape index (κ3) is 4.15. The molecule has 1 aromatic rings. The summed E-state index contributed by atoms with van der Waals surface area (Å²) in [5.74, 6) is 0.422. The Morgan fingerprint density at radius 3 is 2.67 bits per heavy atom. The van der Waals surface area contributed by atoms with Crippen molar-refractivity contribution in [1.29, 1.82) is 0 Å². The quantitative estimate of drug-likeness (QED) is 0.814. The molecule has 0 spiro atoms. The predicted molar refractivity (Wildman–Crippen MR) is 84.3 cm³/mol. The van der Waals surface area contributed by atoms with Crippen LogP contribution in [-0.4, -0.2) is 46.2 Å². The van der Waals surface area contributed by atoms with Crippen LogP contribution in [0.5, 0.6) is 5.75 Å². The Balaban J connectivity index is 1.92. The van der Waals surface area contributed by atoms with Gasteiger partial charge < -0.3 is 20.5 Å². The van der Waals surface area contributed by atoms with Gasteiger partial charge in [-0.05, 0) is 31.9 Å². The van der Waals surface area contributed by atoms with Crippen LogP contribution >= 0.6 is 12.2 Å². The molecular formula is C15H20N2O3S. The number of piperidine rings is 1. The van der Waals surface area contributed by atoms with Crippen LogP contribution in [0.1, 0.15) is 25.3 Å². The smallest absolute Gasteiger partial charge is 0.260 e. The molecule has 21 heavy (non-hydrogen) atoms. The summed E-state index contributed by atoms with van der Waals surface area (Å²) in [5.41, 5.74) is 5.58.